The van der Waals surface area contributed by atoms with Crippen molar-refractivity contribution in [1.82, 2.24) is 10.0 Å². The fourth-order valence-electron chi connectivity index (χ4n) is 2.62. The summed E-state index contributed by atoms with van der Waals surface area (Å²) in [6.45, 7) is 4.10. The third-order valence-electron chi connectivity index (χ3n) is 4.34. The summed E-state index contributed by atoms with van der Waals surface area (Å²) in [5.74, 6) is 0.512. The highest BCUT2D eigenvalue weighted by molar-refractivity contribution is 7.89. The van der Waals surface area contributed by atoms with Crippen LogP contribution in [-0.4, -0.2) is 34.0 Å². The van der Waals surface area contributed by atoms with Crippen LogP contribution in [0, 0.1) is 0 Å². The van der Waals surface area contributed by atoms with E-state index in [9.17, 15) is 13.2 Å². The third kappa shape index (κ3) is 6.08. The van der Waals surface area contributed by atoms with E-state index in [1.54, 1.807) is 12.1 Å². The van der Waals surface area contributed by atoms with Crippen LogP contribution in [0.25, 0.3) is 0 Å². The van der Waals surface area contributed by atoms with E-state index in [1.165, 1.54) is 31.7 Å². The van der Waals surface area contributed by atoms with Gasteiger partial charge in [0.25, 0.3) is 0 Å². The second-order valence-electron chi connectivity index (χ2n) is 6.41. The van der Waals surface area contributed by atoms with Gasteiger partial charge < -0.3 is 10.1 Å². The Kier molecular flexibility index (Phi) is 7.38. The van der Waals surface area contributed by atoms with Crippen LogP contribution in [0.4, 0.5) is 0 Å². The topological polar surface area (TPSA) is 84.5 Å². The Morgan fingerprint density at radius 2 is 1.67 bits per heavy atom. The van der Waals surface area contributed by atoms with Crippen molar-refractivity contribution in [1.29, 1.82) is 0 Å². The first-order valence-corrected chi connectivity index (χ1v) is 10.3. The van der Waals surface area contributed by atoms with Crippen LogP contribution in [-0.2, 0) is 14.8 Å². The van der Waals surface area contributed by atoms with Crippen LogP contribution >= 0.6 is 0 Å². The summed E-state index contributed by atoms with van der Waals surface area (Å²) >= 11 is 0. The molecule has 0 aliphatic heterocycles. The van der Waals surface area contributed by atoms with Gasteiger partial charge in [0.1, 0.15) is 5.75 Å². The number of methoxy groups -OCH3 is 1. The van der Waals surface area contributed by atoms with Gasteiger partial charge in [0.15, 0.2) is 0 Å². The number of benzene rings is 2. The molecule has 0 saturated heterocycles. The molecule has 0 aliphatic rings. The molecule has 1 amide bonds. The van der Waals surface area contributed by atoms with Gasteiger partial charge in [-0.2, -0.15) is 4.72 Å². The predicted octanol–water partition coefficient (Wildman–Crippen LogP) is 2.67. The predicted molar refractivity (Wildman–Crippen MR) is 105 cm³/mol. The lowest BCUT2D eigenvalue weighted by molar-refractivity contribution is -0.122. The van der Waals surface area contributed by atoms with E-state index in [4.69, 9.17) is 4.74 Å². The maximum absolute atomic E-state index is 12.4. The molecule has 7 heteroatoms. The number of carbonyl (C=O) groups is 1. The smallest absolute Gasteiger partial charge is 0.241 e. The zero-order valence-corrected chi connectivity index (χ0v) is 16.6. The lowest BCUT2D eigenvalue weighted by atomic mass is 9.98. The van der Waals surface area contributed by atoms with Gasteiger partial charge in [-0.15, -0.1) is 0 Å². The van der Waals surface area contributed by atoms with Crippen molar-refractivity contribution < 1.29 is 17.9 Å². The summed E-state index contributed by atoms with van der Waals surface area (Å²) in [7, 11) is -2.27. The average Bonchev–Trinajstić information content (AvgIpc) is 2.68. The first-order valence-electron chi connectivity index (χ1n) is 8.82. The molecule has 0 saturated carbocycles. The van der Waals surface area contributed by atoms with E-state index >= 15 is 0 Å². The summed E-state index contributed by atoms with van der Waals surface area (Å²) in [6.07, 6.45) is 0.772. The summed E-state index contributed by atoms with van der Waals surface area (Å²) < 4.78 is 32.2. The first kappa shape index (κ1) is 20.9. The fraction of sp³-hybridized carbons (Fsp3) is 0.350. The summed E-state index contributed by atoms with van der Waals surface area (Å²) in [5.41, 5.74) is 1.21. The number of hydrogen-bond acceptors (Lipinski definition) is 4. The molecule has 2 N–H and O–H groups in total. The van der Waals surface area contributed by atoms with Gasteiger partial charge in [0.05, 0.1) is 18.0 Å². The zero-order valence-electron chi connectivity index (χ0n) is 15.8. The van der Waals surface area contributed by atoms with E-state index in [-0.39, 0.29) is 10.8 Å². The highest BCUT2D eigenvalue weighted by Gasteiger charge is 2.22. The molecule has 2 rings (SSSR count). The lowest BCUT2D eigenvalue weighted by Gasteiger charge is -2.16. The lowest BCUT2D eigenvalue weighted by Crippen LogP contribution is -2.45. The molecule has 2 atom stereocenters. The van der Waals surface area contributed by atoms with Gasteiger partial charge in [-0.05, 0) is 49.1 Å². The Bertz CT molecular complexity index is 836. The van der Waals surface area contributed by atoms with Gasteiger partial charge in [-0.1, -0.05) is 37.3 Å². The molecule has 0 heterocycles. The van der Waals surface area contributed by atoms with Crippen LogP contribution < -0.4 is 14.8 Å². The Morgan fingerprint density at radius 3 is 2.26 bits per heavy atom. The van der Waals surface area contributed by atoms with Crippen molar-refractivity contribution in [3.05, 3.63) is 60.2 Å². The van der Waals surface area contributed by atoms with Crippen LogP contribution in [0.1, 0.15) is 31.7 Å². The van der Waals surface area contributed by atoms with Crippen molar-refractivity contribution in [3.8, 4) is 5.75 Å². The van der Waals surface area contributed by atoms with Crippen molar-refractivity contribution >= 4 is 15.9 Å². The summed E-state index contributed by atoms with van der Waals surface area (Å²) in [6, 6.07) is 15.2. The molecule has 1 unspecified atom stereocenters. The molecule has 0 fully saturated rings. The minimum absolute atomic E-state index is 0.0839. The van der Waals surface area contributed by atoms with E-state index in [2.05, 4.69) is 29.1 Å². The van der Waals surface area contributed by atoms with Gasteiger partial charge in [0, 0.05) is 6.54 Å². The minimum atomic E-state index is -3.78. The number of amides is 1. The zero-order chi connectivity index (χ0) is 19.9. The number of nitrogens with one attached hydrogen (secondary N) is 2. The number of ether oxygens (including phenoxy) is 1. The van der Waals surface area contributed by atoms with Crippen LogP contribution in [0.3, 0.4) is 0 Å². The molecule has 2 aromatic rings. The molecule has 146 valence electrons. The first-order chi connectivity index (χ1) is 12.8. The van der Waals surface area contributed by atoms with Crippen LogP contribution in [0.5, 0.6) is 5.75 Å². The van der Waals surface area contributed by atoms with Gasteiger partial charge in [-0.25, -0.2) is 8.42 Å². The van der Waals surface area contributed by atoms with Crippen molar-refractivity contribution in [2.75, 3.05) is 13.7 Å². The highest BCUT2D eigenvalue weighted by Crippen LogP contribution is 2.18. The monoisotopic (exact) mass is 390 g/mol. The van der Waals surface area contributed by atoms with Crippen LogP contribution in [0.15, 0.2) is 59.5 Å². The van der Waals surface area contributed by atoms with Crippen molar-refractivity contribution in [3.63, 3.8) is 0 Å². The van der Waals surface area contributed by atoms with E-state index in [1.807, 2.05) is 18.2 Å². The number of carbonyl (C=O) groups excluding carboxylic acids is 1. The molecule has 6 nitrogen and oxygen atoms in total. The van der Waals surface area contributed by atoms with E-state index < -0.39 is 16.1 Å². The normalized spacial score (nSPS) is 13.6. The SMILES string of the molecule is COc1ccc(S(=O)(=O)N[C@@H](C)C(=O)NCCC(C)c2ccccc2)cc1. The van der Waals surface area contributed by atoms with Crippen molar-refractivity contribution in [2.45, 2.75) is 37.1 Å². The fourth-order valence-corrected chi connectivity index (χ4v) is 3.83. The summed E-state index contributed by atoms with van der Waals surface area (Å²) in [4.78, 5) is 12.3. The standard InChI is InChI=1S/C20H26N2O4S/c1-15(17-7-5-4-6-8-17)13-14-21-20(23)16(2)22-27(24,25)19-11-9-18(26-3)10-12-19/h4-12,15-16,22H,13-14H2,1-3H3,(H,21,23)/t15?,16-/m0/s1. The molecule has 0 aliphatic carbocycles. The second kappa shape index (κ2) is 9.53. The molecule has 27 heavy (non-hydrogen) atoms. The molecule has 0 spiro atoms. The average molecular weight is 391 g/mol. The second-order valence-corrected chi connectivity index (χ2v) is 8.12. The Morgan fingerprint density at radius 1 is 1.04 bits per heavy atom. The molecular formula is C20H26N2O4S. The Labute approximate surface area is 161 Å². The molecule has 2 aromatic carbocycles. The number of rotatable bonds is 9. The van der Waals surface area contributed by atoms with Gasteiger partial charge >= 0.3 is 0 Å². The molecule has 0 aromatic heterocycles. The van der Waals surface area contributed by atoms with Gasteiger partial charge in [0.2, 0.25) is 15.9 Å². The maximum Gasteiger partial charge on any atom is 0.241 e. The maximum atomic E-state index is 12.4. The van der Waals surface area contributed by atoms with Gasteiger partial charge in [-0.3, -0.25) is 4.79 Å². The van der Waals surface area contributed by atoms with E-state index in [0.717, 1.165) is 6.42 Å². The number of hydrogen-bond donors (Lipinski definition) is 2. The highest BCUT2D eigenvalue weighted by atomic mass is 32.2. The van der Waals surface area contributed by atoms with E-state index in [0.29, 0.717) is 18.2 Å². The Balaban J connectivity index is 1.85. The summed E-state index contributed by atoms with van der Waals surface area (Å²) in [5, 5.41) is 2.79. The molecule has 0 radical (unpaired) electrons. The molecule has 0 bridgehead atoms. The minimum Gasteiger partial charge on any atom is -0.497 e. The third-order valence-corrected chi connectivity index (χ3v) is 5.90. The van der Waals surface area contributed by atoms with Crippen molar-refractivity contribution in [2.24, 2.45) is 0 Å². The van der Waals surface area contributed by atoms with Crippen LogP contribution in [0.2, 0.25) is 0 Å². The molecular weight excluding hydrogens is 364 g/mol. The quantitative estimate of drug-likeness (QED) is 0.689. The Hall–Kier alpha value is -2.38. The number of sulfonamides is 1. The largest absolute Gasteiger partial charge is 0.497 e.